The first-order valence-corrected chi connectivity index (χ1v) is 7.78. The van der Waals surface area contributed by atoms with Gasteiger partial charge in [0.2, 0.25) is 5.91 Å². The molecule has 0 radical (unpaired) electrons. The van der Waals surface area contributed by atoms with Crippen molar-refractivity contribution >= 4 is 11.6 Å². The van der Waals surface area contributed by atoms with E-state index < -0.39 is 6.10 Å². The van der Waals surface area contributed by atoms with Crippen LogP contribution in [-0.4, -0.2) is 47.2 Å². The van der Waals surface area contributed by atoms with Gasteiger partial charge >= 0.3 is 0 Å². The fourth-order valence-electron chi connectivity index (χ4n) is 2.11. The van der Waals surface area contributed by atoms with E-state index in [1.165, 1.54) is 0 Å². The van der Waals surface area contributed by atoms with Gasteiger partial charge in [0.25, 0.3) is 0 Å². The molecule has 2 rings (SSSR count). The maximum atomic E-state index is 11.9. The normalized spacial score (nSPS) is 12.1. The second-order valence-corrected chi connectivity index (χ2v) is 5.39. The second kappa shape index (κ2) is 9.82. The van der Waals surface area contributed by atoms with Crippen molar-refractivity contribution in [3.8, 4) is 0 Å². The summed E-state index contributed by atoms with van der Waals surface area (Å²) in [6.07, 6.45) is 2.40. The molecular formula is C17H23N3O4. The smallest absolute Gasteiger partial charge is 0.227 e. The van der Waals surface area contributed by atoms with Gasteiger partial charge in [0.05, 0.1) is 50.8 Å². The number of benzene rings is 1. The zero-order chi connectivity index (χ0) is 17.2. The Balaban J connectivity index is 1.66. The number of nitrogens with one attached hydrogen (secondary N) is 1. The van der Waals surface area contributed by atoms with E-state index >= 15 is 0 Å². The molecule has 0 saturated carbocycles. The van der Waals surface area contributed by atoms with Crippen LogP contribution in [0.15, 0.2) is 42.7 Å². The van der Waals surface area contributed by atoms with Crippen LogP contribution in [0.5, 0.6) is 0 Å². The van der Waals surface area contributed by atoms with Crippen molar-refractivity contribution < 1.29 is 19.4 Å². The Morgan fingerprint density at radius 1 is 1.38 bits per heavy atom. The third-order valence-electron chi connectivity index (χ3n) is 3.28. The number of hydrogen-bond acceptors (Lipinski definition) is 5. The topological polar surface area (TPSA) is 85.6 Å². The van der Waals surface area contributed by atoms with Gasteiger partial charge in [-0.05, 0) is 5.56 Å². The molecule has 1 aromatic heterocycles. The van der Waals surface area contributed by atoms with Gasteiger partial charge in [-0.15, -0.1) is 0 Å². The minimum Gasteiger partial charge on any atom is -0.390 e. The molecule has 0 aliphatic heterocycles. The SMILES string of the molecule is COCCn1cc(NC(=O)CC(O)COCc2ccccc2)cn1. The molecular weight excluding hydrogens is 310 g/mol. The molecule has 0 spiro atoms. The van der Waals surface area contributed by atoms with E-state index in [1.54, 1.807) is 24.2 Å². The van der Waals surface area contributed by atoms with Crippen molar-refractivity contribution in [2.75, 3.05) is 25.6 Å². The number of nitrogens with zero attached hydrogens (tertiary/aromatic N) is 2. The molecule has 1 aromatic carbocycles. The van der Waals surface area contributed by atoms with Crippen LogP contribution in [0.4, 0.5) is 5.69 Å². The number of aliphatic hydroxyl groups excluding tert-OH is 1. The summed E-state index contributed by atoms with van der Waals surface area (Å²) in [6.45, 7) is 1.68. The van der Waals surface area contributed by atoms with Gasteiger partial charge in [0.1, 0.15) is 0 Å². The van der Waals surface area contributed by atoms with E-state index in [1.807, 2.05) is 30.3 Å². The van der Waals surface area contributed by atoms with Crippen LogP contribution in [0, 0.1) is 0 Å². The number of amides is 1. The van der Waals surface area contributed by atoms with Gasteiger partial charge in [0, 0.05) is 13.3 Å². The van der Waals surface area contributed by atoms with E-state index in [2.05, 4.69) is 10.4 Å². The Morgan fingerprint density at radius 3 is 2.92 bits per heavy atom. The Hall–Kier alpha value is -2.22. The van der Waals surface area contributed by atoms with Gasteiger partial charge in [-0.25, -0.2) is 0 Å². The van der Waals surface area contributed by atoms with Crippen LogP contribution < -0.4 is 5.32 Å². The molecule has 7 heteroatoms. The van der Waals surface area contributed by atoms with Crippen molar-refractivity contribution in [2.24, 2.45) is 0 Å². The van der Waals surface area contributed by atoms with Crippen LogP contribution >= 0.6 is 0 Å². The predicted octanol–water partition coefficient (Wildman–Crippen LogP) is 1.44. The monoisotopic (exact) mass is 333 g/mol. The quantitative estimate of drug-likeness (QED) is 0.687. The molecule has 0 aliphatic carbocycles. The predicted molar refractivity (Wildman–Crippen MR) is 89.5 cm³/mol. The summed E-state index contributed by atoms with van der Waals surface area (Å²) in [5.41, 5.74) is 1.62. The minimum absolute atomic E-state index is 0.0297. The first-order chi connectivity index (χ1) is 11.7. The maximum Gasteiger partial charge on any atom is 0.227 e. The van der Waals surface area contributed by atoms with Crippen molar-refractivity contribution in [3.63, 3.8) is 0 Å². The Bertz CT molecular complexity index is 615. The fourth-order valence-corrected chi connectivity index (χ4v) is 2.11. The third-order valence-corrected chi connectivity index (χ3v) is 3.28. The molecule has 1 amide bonds. The zero-order valence-corrected chi connectivity index (χ0v) is 13.7. The Morgan fingerprint density at radius 2 is 2.17 bits per heavy atom. The Labute approximate surface area is 141 Å². The summed E-state index contributed by atoms with van der Waals surface area (Å²) in [5.74, 6) is -0.280. The van der Waals surface area contributed by atoms with Gasteiger partial charge in [-0.2, -0.15) is 5.10 Å². The standard InChI is InChI=1S/C17H23N3O4/c1-23-8-7-20-11-15(10-18-20)19-17(22)9-16(21)13-24-12-14-5-3-2-4-6-14/h2-6,10-11,16,21H,7-9,12-13H2,1H3,(H,19,22). The lowest BCUT2D eigenvalue weighted by Crippen LogP contribution is -2.23. The lowest BCUT2D eigenvalue weighted by atomic mass is 10.2. The average molecular weight is 333 g/mol. The number of rotatable bonds is 10. The first kappa shape index (κ1) is 18.1. The van der Waals surface area contributed by atoms with Crippen molar-refractivity contribution in [3.05, 3.63) is 48.3 Å². The molecule has 1 heterocycles. The number of carbonyl (C=O) groups excluding carboxylic acids is 1. The molecule has 0 fully saturated rings. The van der Waals surface area contributed by atoms with Crippen LogP contribution in [0.1, 0.15) is 12.0 Å². The third kappa shape index (κ3) is 6.49. The highest BCUT2D eigenvalue weighted by atomic mass is 16.5. The summed E-state index contributed by atoms with van der Waals surface area (Å²) in [7, 11) is 1.62. The van der Waals surface area contributed by atoms with Crippen molar-refractivity contribution in [1.82, 2.24) is 9.78 Å². The Kier molecular flexibility index (Phi) is 7.41. The largest absolute Gasteiger partial charge is 0.390 e. The van der Waals surface area contributed by atoms with E-state index in [9.17, 15) is 9.90 Å². The molecule has 0 bridgehead atoms. The first-order valence-electron chi connectivity index (χ1n) is 7.78. The number of aliphatic hydroxyl groups is 1. The molecule has 1 atom stereocenters. The molecule has 130 valence electrons. The molecule has 2 aromatic rings. The van der Waals surface area contributed by atoms with Crippen LogP contribution in [0.2, 0.25) is 0 Å². The second-order valence-electron chi connectivity index (χ2n) is 5.39. The highest BCUT2D eigenvalue weighted by Crippen LogP contribution is 2.07. The zero-order valence-electron chi connectivity index (χ0n) is 13.7. The minimum atomic E-state index is -0.850. The molecule has 2 N–H and O–H groups in total. The molecule has 0 aliphatic rings. The highest BCUT2D eigenvalue weighted by molar-refractivity contribution is 5.90. The number of carbonyl (C=O) groups is 1. The van der Waals surface area contributed by atoms with Gasteiger partial charge < -0.3 is 19.9 Å². The summed E-state index contributed by atoms with van der Waals surface area (Å²) in [5, 5.41) is 16.7. The van der Waals surface area contributed by atoms with Crippen LogP contribution in [0.3, 0.4) is 0 Å². The number of aromatic nitrogens is 2. The van der Waals surface area contributed by atoms with E-state index in [4.69, 9.17) is 9.47 Å². The summed E-state index contributed by atoms with van der Waals surface area (Å²) >= 11 is 0. The van der Waals surface area contributed by atoms with Gasteiger partial charge in [-0.1, -0.05) is 30.3 Å². The van der Waals surface area contributed by atoms with Gasteiger partial charge in [0.15, 0.2) is 0 Å². The number of methoxy groups -OCH3 is 1. The van der Waals surface area contributed by atoms with E-state index in [-0.39, 0.29) is 18.9 Å². The van der Waals surface area contributed by atoms with E-state index in [0.717, 1.165) is 5.56 Å². The summed E-state index contributed by atoms with van der Waals surface area (Å²) in [6, 6.07) is 9.67. The molecule has 0 saturated heterocycles. The molecule has 7 nitrogen and oxygen atoms in total. The van der Waals surface area contributed by atoms with Gasteiger partial charge in [-0.3, -0.25) is 9.48 Å². The average Bonchev–Trinajstić information content (AvgIpc) is 3.01. The summed E-state index contributed by atoms with van der Waals surface area (Å²) < 4.78 is 12.1. The van der Waals surface area contributed by atoms with Crippen LogP contribution in [0.25, 0.3) is 0 Å². The lowest BCUT2D eigenvalue weighted by Gasteiger charge is -2.11. The number of anilines is 1. The fraction of sp³-hybridized carbons (Fsp3) is 0.412. The van der Waals surface area contributed by atoms with E-state index in [0.29, 0.717) is 25.4 Å². The number of hydrogen-bond donors (Lipinski definition) is 2. The lowest BCUT2D eigenvalue weighted by molar-refractivity contribution is -0.119. The van der Waals surface area contributed by atoms with Crippen molar-refractivity contribution in [1.29, 1.82) is 0 Å². The molecule has 24 heavy (non-hydrogen) atoms. The molecule has 1 unspecified atom stereocenters. The highest BCUT2D eigenvalue weighted by Gasteiger charge is 2.12. The van der Waals surface area contributed by atoms with Crippen LogP contribution in [-0.2, 0) is 27.4 Å². The summed E-state index contributed by atoms with van der Waals surface area (Å²) in [4.78, 5) is 11.9. The maximum absolute atomic E-state index is 11.9. The number of ether oxygens (including phenoxy) is 2. The van der Waals surface area contributed by atoms with Crippen molar-refractivity contribution in [2.45, 2.75) is 25.7 Å².